The number of carbonyl (C=O) groups excluding carboxylic acids is 1. The number of hydrogen-bond donors (Lipinski definition) is 1. The molecule has 190 valence electrons. The van der Waals surface area contributed by atoms with Crippen LogP contribution in [0.3, 0.4) is 0 Å². The first-order valence-corrected chi connectivity index (χ1v) is 14.2. The second kappa shape index (κ2) is 12.0. The van der Waals surface area contributed by atoms with Crippen molar-refractivity contribution in [2.75, 3.05) is 39.4 Å². The van der Waals surface area contributed by atoms with E-state index in [1.165, 1.54) is 9.87 Å². The third-order valence-electron chi connectivity index (χ3n) is 6.54. The van der Waals surface area contributed by atoms with Crippen LogP contribution in [-0.2, 0) is 38.4 Å². The van der Waals surface area contributed by atoms with E-state index in [1.807, 2.05) is 12.1 Å². The quantitative estimate of drug-likeness (QED) is 0.553. The highest BCUT2D eigenvalue weighted by Gasteiger charge is 2.33. The fraction of sp³-hybridized carbons (Fsp3) is 0.480. The van der Waals surface area contributed by atoms with E-state index < -0.39 is 10.0 Å². The van der Waals surface area contributed by atoms with Gasteiger partial charge in [-0.15, -0.1) is 0 Å². The highest BCUT2D eigenvalue weighted by atomic mass is 35.5. The summed E-state index contributed by atoms with van der Waals surface area (Å²) in [6.07, 6.45) is 1.28. The largest absolute Gasteiger partial charge is 0.379 e. The van der Waals surface area contributed by atoms with Crippen molar-refractivity contribution >= 4 is 39.1 Å². The van der Waals surface area contributed by atoms with Crippen molar-refractivity contribution < 1.29 is 17.9 Å². The average Bonchev–Trinajstić information content (AvgIpc) is 2.86. The second-order valence-electron chi connectivity index (χ2n) is 9.08. The van der Waals surface area contributed by atoms with Gasteiger partial charge in [0.15, 0.2) is 0 Å². The molecule has 2 fully saturated rings. The lowest BCUT2D eigenvalue weighted by molar-refractivity contribution is -0.126. The van der Waals surface area contributed by atoms with Crippen molar-refractivity contribution in [3.05, 3.63) is 69.2 Å². The number of carbonyl (C=O) groups is 1. The third-order valence-corrected chi connectivity index (χ3v) is 9.02. The molecule has 0 spiro atoms. The van der Waals surface area contributed by atoms with E-state index >= 15 is 0 Å². The van der Waals surface area contributed by atoms with Crippen LogP contribution in [0.5, 0.6) is 0 Å². The molecule has 35 heavy (non-hydrogen) atoms. The summed E-state index contributed by atoms with van der Waals surface area (Å²) < 4.78 is 32.9. The molecule has 7 nitrogen and oxygen atoms in total. The predicted molar refractivity (Wildman–Crippen MR) is 138 cm³/mol. The first kappa shape index (κ1) is 26.4. The molecule has 1 atom stereocenters. The van der Waals surface area contributed by atoms with Crippen LogP contribution >= 0.6 is 23.2 Å². The van der Waals surface area contributed by atoms with Gasteiger partial charge in [0.1, 0.15) is 0 Å². The molecule has 2 saturated heterocycles. The van der Waals surface area contributed by atoms with Gasteiger partial charge in [0.05, 0.1) is 24.9 Å². The molecule has 2 heterocycles. The van der Waals surface area contributed by atoms with Crippen LogP contribution in [0.25, 0.3) is 0 Å². The minimum absolute atomic E-state index is 0.127. The Kier molecular flexibility index (Phi) is 9.07. The lowest BCUT2D eigenvalue weighted by atomic mass is 9.98. The molecule has 0 bridgehead atoms. The molecule has 2 aliphatic rings. The smallest absolute Gasteiger partial charge is 0.224 e. The number of hydrogen-bond acceptors (Lipinski definition) is 5. The van der Waals surface area contributed by atoms with Crippen molar-refractivity contribution in [1.82, 2.24) is 14.5 Å². The number of halogens is 2. The van der Waals surface area contributed by atoms with Gasteiger partial charge < -0.3 is 10.1 Å². The minimum Gasteiger partial charge on any atom is -0.379 e. The molecule has 2 aliphatic heterocycles. The van der Waals surface area contributed by atoms with Gasteiger partial charge in [-0.25, -0.2) is 12.7 Å². The Hall–Kier alpha value is -1.68. The van der Waals surface area contributed by atoms with Crippen molar-refractivity contribution in [3.8, 4) is 0 Å². The molecular formula is C25H31Cl2N3O4S. The van der Waals surface area contributed by atoms with Crippen LogP contribution in [0.4, 0.5) is 0 Å². The monoisotopic (exact) mass is 539 g/mol. The van der Waals surface area contributed by atoms with E-state index in [0.29, 0.717) is 41.5 Å². The summed E-state index contributed by atoms with van der Waals surface area (Å²) in [5.74, 6) is -0.796. The maximum atomic E-state index is 13.0. The van der Waals surface area contributed by atoms with Crippen molar-refractivity contribution in [3.63, 3.8) is 0 Å². The molecule has 0 radical (unpaired) electrons. The summed E-state index contributed by atoms with van der Waals surface area (Å²) in [6.45, 7) is 5.29. The molecule has 1 amide bonds. The average molecular weight is 541 g/mol. The lowest BCUT2D eigenvalue weighted by Crippen LogP contribution is -2.45. The van der Waals surface area contributed by atoms with Crippen LogP contribution in [0.2, 0.25) is 10.0 Å². The lowest BCUT2D eigenvalue weighted by Gasteiger charge is -2.31. The van der Waals surface area contributed by atoms with Crippen molar-refractivity contribution in [2.45, 2.75) is 31.7 Å². The molecule has 4 rings (SSSR count). The Morgan fingerprint density at radius 3 is 2.34 bits per heavy atom. The van der Waals surface area contributed by atoms with Gasteiger partial charge in [-0.05, 0) is 36.1 Å². The standard InChI is InChI=1S/C25H31Cl2N3O4S/c26-23-4-1-5-24(27)22(23)18-35(32,33)30-10-2-3-21(17-30)25(31)28-15-19-6-8-20(9-7-19)16-29-11-13-34-14-12-29/h1,4-9,21H,2-3,10-18H2,(H,28,31)/t21-/m1/s1. The number of nitrogens with one attached hydrogen (secondary N) is 1. The van der Waals surface area contributed by atoms with Gasteiger partial charge >= 0.3 is 0 Å². The summed E-state index contributed by atoms with van der Waals surface area (Å²) in [5.41, 5.74) is 2.63. The van der Waals surface area contributed by atoms with E-state index in [0.717, 1.165) is 38.4 Å². The summed E-state index contributed by atoms with van der Waals surface area (Å²) in [5, 5.41) is 3.62. The normalized spacial score (nSPS) is 20.0. The summed E-state index contributed by atoms with van der Waals surface area (Å²) in [4.78, 5) is 15.2. The highest BCUT2D eigenvalue weighted by molar-refractivity contribution is 7.88. The fourth-order valence-corrected chi connectivity index (χ4v) is 6.83. The van der Waals surface area contributed by atoms with Crippen LogP contribution in [-0.4, -0.2) is 62.9 Å². The van der Waals surface area contributed by atoms with E-state index in [4.69, 9.17) is 27.9 Å². The number of piperidine rings is 1. The molecule has 1 N–H and O–H groups in total. The van der Waals surface area contributed by atoms with Gasteiger partial charge in [0.2, 0.25) is 15.9 Å². The maximum Gasteiger partial charge on any atom is 0.224 e. The Bertz CT molecular complexity index is 1100. The Morgan fingerprint density at radius 2 is 1.66 bits per heavy atom. The Morgan fingerprint density at radius 1 is 1.00 bits per heavy atom. The van der Waals surface area contributed by atoms with E-state index in [-0.39, 0.29) is 24.1 Å². The molecule has 0 aliphatic carbocycles. The number of benzene rings is 2. The third kappa shape index (κ3) is 7.18. The van der Waals surface area contributed by atoms with E-state index in [9.17, 15) is 13.2 Å². The number of sulfonamides is 1. The topological polar surface area (TPSA) is 79.0 Å². The zero-order valence-electron chi connectivity index (χ0n) is 19.6. The number of amides is 1. The van der Waals surface area contributed by atoms with Gasteiger partial charge in [0, 0.05) is 54.9 Å². The van der Waals surface area contributed by atoms with Crippen LogP contribution in [0.1, 0.15) is 29.5 Å². The number of nitrogens with zero attached hydrogens (tertiary/aromatic N) is 2. The Labute approximate surface area is 217 Å². The van der Waals surface area contributed by atoms with Gasteiger partial charge in [0.25, 0.3) is 0 Å². The first-order valence-electron chi connectivity index (χ1n) is 11.9. The molecule has 0 aromatic heterocycles. The molecular weight excluding hydrogens is 509 g/mol. The molecule has 2 aromatic rings. The van der Waals surface area contributed by atoms with Gasteiger partial charge in [-0.1, -0.05) is 53.5 Å². The second-order valence-corrected chi connectivity index (χ2v) is 11.9. The summed E-state index contributed by atoms with van der Waals surface area (Å²) in [7, 11) is -3.66. The van der Waals surface area contributed by atoms with E-state index in [2.05, 4.69) is 22.3 Å². The van der Waals surface area contributed by atoms with Crippen LogP contribution < -0.4 is 5.32 Å². The zero-order valence-corrected chi connectivity index (χ0v) is 21.9. The number of rotatable bonds is 8. The SMILES string of the molecule is O=C(NCc1ccc(CN2CCOCC2)cc1)[C@@H]1CCCN(S(=O)(=O)Cc2c(Cl)cccc2Cl)C1. The first-order chi connectivity index (χ1) is 16.8. The van der Waals surface area contributed by atoms with Gasteiger partial charge in [-0.2, -0.15) is 0 Å². The van der Waals surface area contributed by atoms with Crippen LogP contribution in [0.15, 0.2) is 42.5 Å². The van der Waals surface area contributed by atoms with E-state index in [1.54, 1.807) is 18.2 Å². The van der Waals surface area contributed by atoms with Gasteiger partial charge in [-0.3, -0.25) is 9.69 Å². The Balaban J connectivity index is 1.29. The molecule has 0 unspecified atom stereocenters. The summed E-state index contributed by atoms with van der Waals surface area (Å²) >= 11 is 12.3. The molecule has 10 heteroatoms. The van der Waals surface area contributed by atoms with Crippen molar-refractivity contribution in [1.29, 1.82) is 0 Å². The number of morpholine rings is 1. The maximum absolute atomic E-state index is 13.0. The highest BCUT2D eigenvalue weighted by Crippen LogP contribution is 2.29. The summed E-state index contributed by atoms with van der Waals surface area (Å²) in [6, 6.07) is 13.2. The fourth-order valence-electron chi connectivity index (χ4n) is 4.47. The zero-order chi connectivity index (χ0) is 24.8. The molecule has 2 aromatic carbocycles. The predicted octanol–water partition coefficient (Wildman–Crippen LogP) is 3.68. The molecule has 0 saturated carbocycles. The number of ether oxygens (including phenoxy) is 1. The van der Waals surface area contributed by atoms with Crippen LogP contribution in [0, 0.1) is 5.92 Å². The van der Waals surface area contributed by atoms with Crippen molar-refractivity contribution in [2.24, 2.45) is 5.92 Å². The minimum atomic E-state index is -3.66.